The second kappa shape index (κ2) is 5.80. The first-order chi connectivity index (χ1) is 9.69. The van der Waals surface area contributed by atoms with E-state index in [1.54, 1.807) is 0 Å². The maximum Gasteiger partial charge on any atom is 0.161 e. The van der Waals surface area contributed by atoms with Gasteiger partial charge in [0.1, 0.15) is 0 Å². The summed E-state index contributed by atoms with van der Waals surface area (Å²) in [5.41, 5.74) is 4.38. The van der Waals surface area contributed by atoms with E-state index in [0.29, 0.717) is 5.41 Å². The molecule has 20 heavy (non-hydrogen) atoms. The van der Waals surface area contributed by atoms with Gasteiger partial charge in [-0.05, 0) is 49.3 Å². The Bertz CT molecular complexity index is 516. The van der Waals surface area contributed by atoms with Crippen LogP contribution < -0.4 is 5.32 Å². The monoisotopic (exact) mass is 288 g/mol. The number of anilines is 1. The molecule has 1 spiro atoms. The molecular weight excluding hydrogens is 264 g/mol. The standard InChI is InChI=1S/C17H24N2S/c1-13-7-6-8-15(14(13)2)19-16-18-11-17(12-20-16)9-4-3-5-10-17/h6-8H,3-5,9-12H2,1-2H3,(H,18,19). The van der Waals surface area contributed by atoms with E-state index in [1.165, 1.54) is 54.7 Å². The summed E-state index contributed by atoms with van der Waals surface area (Å²) in [6, 6.07) is 6.42. The number of nitrogens with one attached hydrogen (secondary N) is 1. The summed E-state index contributed by atoms with van der Waals surface area (Å²) in [6.07, 6.45) is 6.97. The highest BCUT2D eigenvalue weighted by Crippen LogP contribution is 2.42. The molecule has 1 heterocycles. The summed E-state index contributed by atoms with van der Waals surface area (Å²) in [6.45, 7) is 5.36. The maximum absolute atomic E-state index is 4.84. The molecule has 0 unspecified atom stereocenters. The summed E-state index contributed by atoms with van der Waals surface area (Å²) in [5, 5.41) is 4.63. The van der Waals surface area contributed by atoms with Gasteiger partial charge in [0.2, 0.25) is 0 Å². The Morgan fingerprint density at radius 3 is 2.65 bits per heavy atom. The zero-order valence-electron chi connectivity index (χ0n) is 12.5. The predicted molar refractivity (Wildman–Crippen MR) is 89.8 cm³/mol. The van der Waals surface area contributed by atoms with Gasteiger partial charge in [-0.25, -0.2) is 0 Å². The van der Waals surface area contributed by atoms with Crippen molar-refractivity contribution in [2.75, 3.05) is 17.6 Å². The lowest BCUT2D eigenvalue weighted by Gasteiger charge is -2.38. The van der Waals surface area contributed by atoms with Crippen molar-refractivity contribution in [3.8, 4) is 0 Å². The molecule has 3 rings (SSSR count). The second-order valence-corrected chi connectivity index (χ2v) is 7.31. The van der Waals surface area contributed by atoms with Crippen molar-refractivity contribution in [2.45, 2.75) is 46.0 Å². The number of benzene rings is 1. The molecule has 0 aromatic heterocycles. The highest BCUT2D eigenvalue weighted by molar-refractivity contribution is 8.14. The van der Waals surface area contributed by atoms with E-state index in [9.17, 15) is 0 Å². The number of rotatable bonds is 1. The molecule has 0 radical (unpaired) electrons. The SMILES string of the molecule is Cc1cccc(NC2=NCC3(CCCCC3)CS2)c1C. The summed E-state index contributed by atoms with van der Waals surface area (Å²) in [5.74, 6) is 1.24. The summed E-state index contributed by atoms with van der Waals surface area (Å²) < 4.78 is 0. The van der Waals surface area contributed by atoms with Gasteiger partial charge in [0.15, 0.2) is 5.17 Å². The fourth-order valence-corrected chi connectivity index (χ4v) is 4.39. The van der Waals surface area contributed by atoms with E-state index in [2.05, 4.69) is 37.4 Å². The van der Waals surface area contributed by atoms with E-state index in [-0.39, 0.29) is 0 Å². The molecule has 2 nitrogen and oxygen atoms in total. The molecule has 1 saturated carbocycles. The highest BCUT2D eigenvalue weighted by Gasteiger charge is 2.34. The number of aliphatic imine (C=N–C) groups is 1. The quantitative estimate of drug-likeness (QED) is 0.805. The predicted octanol–water partition coefficient (Wildman–Crippen LogP) is 4.77. The summed E-state index contributed by atoms with van der Waals surface area (Å²) in [7, 11) is 0. The Morgan fingerprint density at radius 2 is 1.95 bits per heavy atom. The van der Waals surface area contributed by atoms with Crippen LogP contribution in [0.4, 0.5) is 5.69 Å². The number of nitrogens with zero attached hydrogens (tertiary/aromatic N) is 1. The van der Waals surface area contributed by atoms with Crippen LogP contribution in [0.15, 0.2) is 23.2 Å². The van der Waals surface area contributed by atoms with E-state index in [4.69, 9.17) is 4.99 Å². The molecule has 1 aromatic carbocycles. The van der Waals surface area contributed by atoms with Gasteiger partial charge in [0.25, 0.3) is 0 Å². The molecule has 2 aliphatic rings. The van der Waals surface area contributed by atoms with Crippen LogP contribution in [-0.4, -0.2) is 17.5 Å². The first-order valence-corrected chi connectivity index (χ1v) is 8.68. The van der Waals surface area contributed by atoms with Crippen molar-refractivity contribution >= 4 is 22.6 Å². The van der Waals surface area contributed by atoms with Crippen molar-refractivity contribution in [1.29, 1.82) is 0 Å². The lowest BCUT2D eigenvalue weighted by molar-refractivity contribution is 0.232. The lowest BCUT2D eigenvalue weighted by atomic mass is 9.75. The van der Waals surface area contributed by atoms with Gasteiger partial charge in [-0.3, -0.25) is 4.99 Å². The van der Waals surface area contributed by atoms with Crippen LogP contribution >= 0.6 is 11.8 Å². The fourth-order valence-electron chi connectivity index (χ4n) is 3.23. The van der Waals surface area contributed by atoms with Crippen molar-refractivity contribution in [1.82, 2.24) is 0 Å². The molecule has 0 atom stereocenters. The number of hydrogen-bond donors (Lipinski definition) is 1. The van der Waals surface area contributed by atoms with E-state index in [1.807, 2.05) is 11.8 Å². The van der Waals surface area contributed by atoms with Crippen LogP contribution in [0.2, 0.25) is 0 Å². The third kappa shape index (κ3) is 2.88. The van der Waals surface area contributed by atoms with Gasteiger partial charge in [0.05, 0.1) is 0 Å². The zero-order valence-corrected chi connectivity index (χ0v) is 13.4. The second-order valence-electron chi connectivity index (χ2n) is 6.34. The molecule has 0 bridgehead atoms. The Morgan fingerprint density at radius 1 is 1.15 bits per heavy atom. The molecule has 0 amide bonds. The minimum absolute atomic E-state index is 0.510. The zero-order chi connectivity index (χ0) is 14.0. The van der Waals surface area contributed by atoms with E-state index >= 15 is 0 Å². The van der Waals surface area contributed by atoms with Crippen LogP contribution in [0.3, 0.4) is 0 Å². The Hall–Kier alpha value is -0.960. The fraction of sp³-hybridized carbons (Fsp3) is 0.588. The molecule has 1 fully saturated rings. The number of amidine groups is 1. The Kier molecular flexibility index (Phi) is 4.06. The average molecular weight is 288 g/mol. The molecule has 1 aliphatic heterocycles. The average Bonchev–Trinajstić information content (AvgIpc) is 2.47. The van der Waals surface area contributed by atoms with Crippen molar-refractivity contribution < 1.29 is 0 Å². The van der Waals surface area contributed by atoms with E-state index in [0.717, 1.165) is 11.7 Å². The van der Waals surface area contributed by atoms with Gasteiger partial charge in [-0.2, -0.15) is 0 Å². The molecule has 108 valence electrons. The molecule has 3 heteroatoms. The maximum atomic E-state index is 4.84. The number of hydrogen-bond acceptors (Lipinski definition) is 3. The van der Waals surface area contributed by atoms with Crippen LogP contribution in [0.1, 0.15) is 43.2 Å². The highest BCUT2D eigenvalue weighted by atomic mass is 32.2. The molecule has 0 saturated heterocycles. The first-order valence-electron chi connectivity index (χ1n) is 7.69. The number of aryl methyl sites for hydroxylation is 1. The third-order valence-corrected chi connectivity index (χ3v) is 6.09. The van der Waals surface area contributed by atoms with Crippen molar-refractivity contribution in [3.05, 3.63) is 29.3 Å². The van der Waals surface area contributed by atoms with E-state index < -0.39 is 0 Å². The van der Waals surface area contributed by atoms with Crippen LogP contribution in [0, 0.1) is 19.3 Å². The smallest absolute Gasteiger partial charge is 0.161 e. The lowest BCUT2D eigenvalue weighted by Crippen LogP contribution is -2.35. The van der Waals surface area contributed by atoms with Crippen LogP contribution in [0.25, 0.3) is 0 Å². The van der Waals surface area contributed by atoms with Gasteiger partial charge < -0.3 is 5.32 Å². The Balaban J connectivity index is 1.69. The van der Waals surface area contributed by atoms with Gasteiger partial charge in [0, 0.05) is 18.0 Å². The number of thioether (sulfide) groups is 1. The van der Waals surface area contributed by atoms with Gasteiger partial charge in [-0.1, -0.05) is 43.2 Å². The van der Waals surface area contributed by atoms with Gasteiger partial charge >= 0.3 is 0 Å². The summed E-state index contributed by atoms with van der Waals surface area (Å²) in [4.78, 5) is 4.84. The minimum atomic E-state index is 0.510. The molecule has 1 N–H and O–H groups in total. The van der Waals surface area contributed by atoms with Crippen molar-refractivity contribution in [3.63, 3.8) is 0 Å². The molecule has 1 aliphatic carbocycles. The molecular formula is C17H24N2S. The Labute approximate surface area is 126 Å². The minimum Gasteiger partial charge on any atom is -0.335 e. The topological polar surface area (TPSA) is 24.4 Å². The van der Waals surface area contributed by atoms with Gasteiger partial charge in [-0.15, -0.1) is 0 Å². The summed E-state index contributed by atoms with van der Waals surface area (Å²) >= 11 is 1.92. The first kappa shape index (κ1) is 14.0. The van der Waals surface area contributed by atoms with Crippen molar-refractivity contribution in [2.24, 2.45) is 10.4 Å². The van der Waals surface area contributed by atoms with Crippen LogP contribution in [0.5, 0.6) is 0 Å². The normalized spacial score (nSPS) is 21.6. The third-order valence-electron chi connectivity index (χ3n) is 4.83. The molecule has 1 aromatic rings. The van der Waals surface area contributed by atoms with Crippen LogP contribution in [-0.2, 0) is 0 Å². The largest absolute Gasteiger partial charge is 0.335 e.